The summed E-state index contributed by atoms with van der Waals surface area (Å²) in [4.78, 5) is 13.8. The number of methoxy groups -OCH3 is 1. The monoisotopic (exact) mass is 297 g/mol. The minimum absolute atomic E-state index is 0.0463. The number of hydrogen-bond acceptors (Lipinski definition) is 4. The van der Waals surface area contributed by atoms with E-state index in [1.165, 1.54) is 25.8 Å². The van der Waals surface area contributed by atoms with Crippen LogP contribution >= 0.6 is 11.6 Å². The van der Waals surface area contributed by atoms with Gasteiger partial charge in [-0.3, -0.25) is 9.69 Å². The first-order chi connectivity index (χ1) is 9.52. The molecule has 0 amide bonds. The first-order valence-electron chi connectivity index (χ1n) is 6.78. The van der Waals surface area contributed by atoms with Gasteiger partial charge in [0.15, 0.2) is 5.78 Å². The zero-order valence-corrected chi connectivity index (χ0v) is 12.6. The Labute approximate surface area is 124 Å². The summed E-state index contributed by atoms with van der Waals surface area (Å²) in [5.41, 5.74) is 0.987. The van der Waals surface area contributed by atoms with E-state index in [1.54, 1.807) is 13.2 Å². The van der Waals surface area contributed by atoms with Crippen molar-refractivity contribution in [2.45, 2.75) is 32.4 Å². The van der Waals surface area contributed by atoms with Crippen molar-refractivity contribution in [3.05, 3.63) is 28.3 Å². The molecule has 4 nitrogen and oxygen atoms in total. The van der Waals surface area contributed by atoms with Crippen molar-refractivity contribution in [2.24, 2.45) is 0 Å². The lowest BCUT2D eigenvalue weighted by Gasteiger charge is -2.22. The van der Waals surface area contributed by atoms with Gasteiger partial charge in [0.2, 0.25) is 0 Å². The largest absolute Gasteiger partial charge is 0.507 e. The van der Waals surface area contributed by atoms with Crippen molar-refractivity contribution in [1.82, 2.24) is 4.90 Å². The average Bonchev–Trinajstić information content (AvgIpc) is 3.22. The number of hydrogen-bond donors (Lipinski definition) is 1. The molecule has 1 aromatic rings. The van der Waals surface area contributed by atoms with E-state index in [0.29, 0.717) is 29.8 Å². The Hall–Kier alpha value is -1.10. The van der Waals surface area contributed by atoms with Crippen LogP contribution in [0.4, 0.5) is 0 Å². The van der Waals surface area contributed by atoms with Gasteiger partial charge in [-0.2, -0.15) is 0 Å². The molecule has 0 spiro atoms. The highest BCUT2D eigenvalue weighted by Gasteiger charge is 2.29. The number of phenolic OH excluding ortho intramolecular Hbond substituents is 1. The highest BCUT2D eigenvalue weighted by molar-refractivity contribution is 6.31. The van der Waals surface area contributed by atoms with Crippen LogP contribution in [-0.2, 0) is 11.3 Å². The van der Waals surface area contributed by atoms with Crippen LogP contribution in [0.2, 0.25) is 5.02 Å². The number of ether oxygens (including phenoxy) is 1. The topological polar surface area (TPSA) is 49.8 Å². The van der Waals surface area contributed by atoms with E-state index in [-0.39, 0.29) is 17.1 Å². The Bertz CT molecular complexity index is 500. The molecule has 0 radical (unpaired) electrons. The zero-order chi connectivity index (χ0) is 14.7. The highest BCUT2D eigenvalue weighted by Crippen LogP contribution is 2.33. The standard InChI is InChI=1S/C15H20ClNO3/c1-10(18)14-8-12(16)7-11(15(14)19)9-17(5-6-20-2)13-3-4-13/h7-8,13,19H,3-6,9H2,1-2H3. The summed E-state index contributed by atoms with van der Waals surface area (Å²) in [7, 11) is 1.68. The number of carbonyl (C=O) groups is 1. The van der Waals surface area contributed by atoms with Crippen molar-refractivity contribution in [3.8, 4) is 5.75 Å². The van der Waals surface area contributed by atoms with Crippen LogP contribution < -0.4 is 0 Å². The maximum absolute atomic E-state index is 11.5. The van der Waals surface area contributed by atoms with Gasteiger partial charge < -0.3 is 9.84 Å². The number of rotatable bonds is 7. The Morgan fingerprint density at radius 2 is 2.20 bits per heavy atom. The van der Waals surface area contributed by atoms with E-state index in [2.05, 4.69) is 4.90 Å². The SMILES string of the molecule is COCCN(Cc1cc(Cl)cc(C(C)=O)c1O)C1CC1. The molecule has 1 aromatic carbocycles. The second-order valence-electron chi connectivity index (χ2n) is 5.21. The molecule has 1 aliphatic carbocycles. The zero-order valence-electron chi connectivity index (χ0n) is 11.9. The Kier molecular flexibility index (Phi) is 5.02. The minimum Gasteiger partial charge on any atom is -0.507 e. The molecular weight excluding hydrogens is 278 g/mol. The number of nitrogens with zero attached hydrogens (tertiary/aromatic N) is 1. The summed E-state index contributed by atoms with van der Waals surface area (Å²) >= 11 is 6.04. The molecule has 0 bridgehead atoms. The fourth-order valence-corrected chi connectivity index (χ4v) is 2.54. The van der Waals surface area contributed by atoms with Crippen molar-refractivity contribution in [1.29, 1.82) is 0 Å². The predicted molar refractivity (Wildman–Crippen MR) is 78.4 cm³/mol. The molecule has 0 unspecified atom stereocenters. The second kappa shape index (κ2) is 6.57. The number of halogens is 1. The molecule has 20 heavy (non-hydrogen) atoms. The smallest absolute Gasteiger partial charge is 0.163 e. The van der Waals surface area contributed by atoms with E-state index < -0.39 is 0 Å². The van der Waals surface area contributed by atoms with E-state index in [4.69, 9.17) is 16.3 Å². The molecule has 0 atom stereocenters. The lowest BCUT2D eigenvalue weighted by atomic mass is 10.1. The van der Waals surface area contributed by atoms with Gasteiger partial charge in [-0.1, -0.05) is 11.6 Å². The molecule has 0 heterocycles. The average molecular weight is 298 g/mol. The van der Waals surface area contributed by atoms with Gasteiger partial charge in [-0.25, -0.2) is 0 Å². The number of Topliss-reactive ketones (excluding diaryl/α,β-unsaturated/α-hetero) is 1. The van der Waals surface area contributed by atoms with Crippen LogP contribution in [0, 0.1) is 0 Å². The predicted octanol–water partition coefficient (Wildman–Crippen LogP) is 2.86. The third-order valence-corrected chi connectivity index (χ3v) is 3.77. The first kappa shape index (κ1) is 15.3. The molecule has 0 saturated heterocycles. The van der Waals surface area contributed by atoms with E-state index >= 15 is 0 Å². The van der Waals surface area contributed by atoms with Crippen LogP contribution in [0.25, 0.3) is 0 Å². The van der Waals surface area contributed by atoms with Crippen molar-refractivity contribution < 1.29 is 14.6 Å². The van der Waals surface area contributed by atoms with Gasteiger partial charge in [-0.05, 0) is 31.9 Å². The van der Waals surface area contributed by atoms with Crippen LogP contribution in [0.3, 0.4) is 0 Å². The molecule has 1 N–H and O–H groups in total. The van der Waals surface area contributed by atoms with E-state index in [0.717, 1.165) is 6.54 Å². The van der Waals surface area contributed by atoms with Gasteiger partial charge in [0.1, 0.15) is 5.75 Å². The quantitative estimate of drug-likeness (QED) is 0.786. The minimum atomic E-state index is -0.180. The van der Waals surface area contributed by atoms with Gasteiger partial charge in [0, 0.05) is 36.8 Å². The molecule has 0 aliphatic heterocycles. The molecular formula is C15H20ClNO3. The molecule has 1 fully saturated rings. The van der Waals surface area contributed by atoms with Crippen LogP contribution in [0.1, 0.15) is 35.7 Å². The lowest BCUT2D eigenvalue weighted by molar-refractivity contribution is 0.101. The van der Waals surface area contributed by atoms with Crippen molar-refractivity contribution in [2.75, 3.05) is 20.3 Å². The molecule has 110 valence electrons. The summed E-state index contributed by atoms with van der Waals surface area (Å²) in [5.74, 6) is -0.133. The summed E-state index contributed by atoms with van der Waals surface area (Å²) in [5, 5.41) is 10.7. The van der Waals surface area contributed by atoms with E-state index in [1.807, 2.05) is 0 Å². The summed E-state index contributed by atoms with van der Waals surface area (Å²) < 4.78 is 5.12. The second-order valence-corrected chi connectivity index (χ2v) is 5.65. The summed E-state index contributed by atoms with van der Waals surface area (Å²) in [6.45, 7) is 3.47. The number of phenols is 1. The van der Waals surface area contributed by atoms with E-state index in [9.17, 15) is 9.90 Å². The van der Waals surface area contributed by atoms with Crippen molar-refractivity contribution >= 4 is 17.4 Å². The third-order valence-electron chi connectivity index (χ3n) is 3.55. The number of carbonyl (C=O) groups excluding carboxylic acids is 1. The maximum atomic E-state index is 11.5. The molecule has 2 rings (SSSR count). The molecule has 5 heteroatoms. The van der Waals surface area contributed by atoms with Gasteiger partial charge in [0.25, 0.3) is 0 Å². The molecule has 0 aromatic heterocycles. The highest BCUT2D eigenvalue weighted by atomic mass is 35.5. The van der Waals surface area contributed by atoms with Gasteiger partial charge in [0.05, 0.1) is 12.2 Å². The number of benzene rings is 1. The maximum Gasteiger partial charge on any atom is 0.163 e. The fourth-order valence-electron chi connectivity index (χ4n) is 2.30. The summed E-state index contributed by atoms with van der Waals surface area (Å²) in [6, 6.07) is 3.79. The normalized spacial score (nSPS) is 14.8. The Morgan fingerprint density at radius 1 is 1.50 bits per heavy atom. The number of ketones is 1. The Morgan fingerprint density at radius 3 is 2.75 bits per heavy atom. The van der Waals surface area contributed by atoms with Crippen LogP contribution in [0.5, 0.6) is 5.75 Å². The first-order valence-corrected chi connectivity index (χ1v) is 7.16. The Balaban J connectivity index is 2.20. The summed E-state index contributed by atoms with van der Waals surface area (Å²) in [6.07, 6.45) is 2.34. The van der Waals surface area contributed by atoms with Gasteiger partial charge >= 0.3 is 0 Å². The molecule has 1 saturated carbocycles. The fraction of sp³-hybridized carbons (Fsp3) is 0.533. The van der Waals surface area contributed by atoms with Gasteiger partial charge in [-0.15, -0.1) is 0 Å². The lowest BCUT2D eigenvalue weighted by Crippen LogP contribution is -2.29. The van der Waals surface area contributed by atoms with Crippen molar-refractivity contribution in [3.63, 3.8) is 0 Å². The number of aromatic hydroxyl groups is 1. The third kappa shape index (κ3) is 3.72. The van der Waals surface area contributed by atoms with Crippen LogP contribution in [-0.4, -0.2) is 42.1 Å². The van der Waals surface area contributed by atoms with Crippen LogP contribution in [0.15, 0.2) is 12.1 Å². The molecule has 1 aliphatic rings.